The van der Waals surface area contributed by atoms with Crippen molar-refractivity contribution in [2.45, 2.75) is 38.3 Å². The van der Waals surface area contributed by atoms with Crippen LogP contribution < -0.4 is 5.69 Å². The van der Waals surface area contributed by atoms with E-state index in [1.807, 2.05) is 36.4 Å². The third kappa shape index (κ3) is 2.37. The molecule has 2 aromatic carbocycles. The molecular formula is C22H23N5O. The van der Waals surface area contributed by atoms with Gasteiger partial charge in [0.05, 0.1) is 27.8 Å². The summed E-state index contributed by atoms with van der Waals surface area (Å²) in [5, 5.41) is 0. The Kier molecular flexibility index (Phi) is 3.50. The number of nitrogens with zero attached hydrogens (tertiary/aromatic N) is 4. The van der Waals surface area contributed by atoms with Crippen LogP contribution in [0.4, 0.5) is 0 Å². The first-order chi connectivity index (χ1) is 13.8. The molecule has 0 saturated heterocycles. The van der Waals surface area contributed by atoms with E-state index >= 15 is 0 Å². The Hall–Kier alpha value is -2.86. The third-order valence-electron chi connectivity index (χ3n) is 6.48. The van der Waals surface area contributed by atoms with Crippen LogP contribution in [0, 0.1) is 0 Å². The van der Waals surface area contributed by atoms with E-state index in [0.29, 0.717) is 0 Å². The molecule has 1 N–H and O–H groups in total. The van der Waals surface area contributed by atoms with Gasteiger partial charge in [-0.2, -0.15) is 0 Å². The highest BCUT2D eigenvalue weighted by atomic mass is 16.1. The zero-order chi connectivity index (χ0) is 18.7. The number of imidazole rings is 2. The van der Waals surface area contributed by atoms with Gasteiger partial charge in [-0.3, -0.25) is 9.47 Å². The van der Waals surface area contributed by atoms with Gasteiger partial charge in [0, 0.05) is 32.1 Å². The van der Waals surface area contributed by atoms with Gasteiger partial charge in [0.15, 0.2) is 0 Å². The zero-order valence-electron chi connectivity index (χ0n) is 15.8. The second-order valence-electron chi connectivity index (χ2n) is 8.01. The van der Waals surface area contributed by atoms with Crippen LogP contribution in [0.1, 0.15) is 25.1 Å². The second-order valence-corrected chi connectivity index (χ2v) is 8.01. The summed E-state index contributed by atoms with van der Waals surface area (Å²) in [7, 11) is 0. The molecule has 0 atom stereocenters. The number of benzene rings is 2. The number of hydrogen-bond donors (Lipinski definition) is 1. The number of aromatic amines is 1. The first kappa shape index (κ1) is 16.1. The fourth-order valence-electron chi connectivity index (χ4n) is 4.75. The molecule has 6 rings (SSSR count). The lowest BCUT2D eigenvalue weighted by atomic mass is 9.91. The lowest BCUT2D eigenvalue weighted by Crippen LogP contribution is -2.41. The first-order valence-corrected chi connectivity index (χ1v) is 10.2. The largest absolute Gasteiger partial charge is 0.331 e. The van der Waals surface area contributed by atoms with Crippen LogP contribution in [0.2, 0.25) is 0 Å². The molecule has 28 heavy (non-hydrogen) atoms. The number of fused-ring (bicyclic) bond motifs is 4. The molecule has 1 aliphatic carbocycles. The summed E-state index contributed by atoms with van der Waals surface area (Å²) >= 11 is 0. The standard InChI is InChI=1S/C22H23N5O/c28-22-24-17-6-1-2-7-19(17)27(22)16-8-9-18-20(14-16)26-13-12-25(15-4-3-5-15)11-10-21(26)23-18/h1-2,6-9,14-15H,3-5,10-13H2,(H,24,28). The Morgan fingerprint density at radius 1 is 1.00 bits per heavy atom. The van der Waals surface area contributed by atoms with E-state index in [0.717, 1.165) is 59.9 Å². The predicted molar refractivity (Wildman–Crippen MR) is 110 cm³/mol. The Morgan fingerprint density at radius 3 is 2.75 bits per heavy atom. The minimum atomic E-state index is -0.104. The van der Waals surface area contributed by atoms with Gasteiger partial charge >= 0.3 is 5.69 Å². The molecule has 0 spiro atoms. The molecule has 0 unspecified atom stereocenters. The van der Waals surface area contributed by atoms with Crippen LogP contribution in [0.15, 0.2) is 47.3 Å². The number of nitrogens with one attached hydrogen (secondary N) is 1. The number of H-pyrrole nitrogens is 1. The van der Waals surface area contributed by atoms with Crippen LogP contribution in [0.5, 0.6) is 0 Å². The molecule has 0 bridgehead atoms. The molecule has 1 aliphatic heterocycles. The molecule has 1 saturated carbocycles. The summed E-state index contributed by atoms with van der Waals surface area (Å²) in [4.78, 5) is 23.1. The van der Waals surface area contributed by atoms with Crippen LogP contribution in [0.25, 0.3) is 27.8 Å². The SMILES string of the molecule is O=c1[nH]c2ccccc2n1-c1ccc2nc3n(c2c1)CCN(C1CCC1)CC3. The predicted octanol–water partition coefficient (Wildman–Crippen LogP) is 3.08. The Balaban J connectivity index is 1.44. The van der Waals surface area contributed by atoms with Crippen molar-refractivity contribution in [3.8, 4) is 5.69 Å². The quantitative estimate of drug-likeness (QED) is 0.587. The lowest BCUT2D eigenvalue weighted by molar-refractivity contribution is 0.130. The summed E-state index contributed by atoms with van der Waals surface area (Å²) in [6, 6.07) is 14.8. The number of para-hydroxylation sites is 2. The minimum absolute atomic E-state index is 0.104. The zero-order valence-corrected chi connectivity index (χ0v) is 15.8. The van der Waals surface area contributed by atoms with E-state index in [-0.39, 0.29) is 5.69 Å². The van der Waals surface area contributed by atoms with Gasteiger partial charge in [-0.05, 0) is 43.2 Å². The van der Waals surface area contributed by atoms with Crippen LogP contribution in [-0.2, 0) is 13.0 Å². The molecule has 4 aromatic rings. The van der Waals surface area contributed by atoms with Crippen molar-refractivity contribution in [2.75, 3.05) is 13.1 Å². The summed E-state index contributed by atoms with van der Waals surface area (Å²) in [5.41, 5.74) is 4.68. The lowest BCUT2D eigenvalue weighted by Gasteiger charge is -2.36. The monoisotopic (exact) mass is 373 g/mol. The number of rotatable bonds is 2. The molecule has 6 nitrogen and oxygen atoms in total. The minimum Gasteiger partial charge on any atom is -0.327 e. The molecular weight excluding hydrogens is 350 g/mol. The van der Waals surface area contributed by atoms with E-state index in [9.17, 15) is 4.79 Å². The van der Waals surface area contributed by atoms with Gasteiger partial charge in [-0.25, -0.2) is 9.78 Å². The van der Waals surface area contributed by atoms with Crippen molar-refractivity contribution >= 4 is 22.1 Å². The first-order valence-electron chi connectivity index (χ1n) is 10.2. The molecule has 3 heterocycles. The Morgan fingerprint density at radius 2 is 1.89 bits per heavy atom. The highest BCUT2D eigenvalue weighted by molar-refractivity contribution is 5.82. The van der Waals surface area contributed by atoms with Crippen LogP contribution >= 0.6 is 0 Å². The summed E-state index contributed by atoms with van der Waals surface area (Å²) in [6.45, 7) is 3.15. The van der Waals surface area contributed by atoms with Crippen LogP contribution in [-0.4, -0.2) is 43.1 Å². The van der Waals surface area contributed by atoms with Crippen molar-refractivity contribution in [1.82, 2.24) is 24.0 Å². The molecule has 6 heteroatoms. The van der Waals surface area contributed by atoms with E-state index in [1.54, 1.807) is 4.57 Å². The van der Waals surface area contributed by atoms with Crippen molar-refractivity contribution in [2.24, 2.45) is 0 Å². The van der Waals surface area contributed by atoms with Crippen molar-refractivity contribution in [1.29, 1.82) is 0 Å². The van der Waals surface area contributed by atoms with Crippen molar-refractivity contribution in [3.63, 3.8) is 0 Å². The highest BCUT2D eigenvalue weighted by Crippen LogP contribution is 2.28. The van der Waals surface area contributed by atoms with Gasteiger partial charge in [-0.1, -0.05) is 18.6 Å². The second kappa shape index (κ2) is 6.07. The molecule has 1 fully saturated rings. The Bertz CT molecular complexity index is 1240. The molecule has 142 valence electrons. The van der Waals surface area contributed by atoms with Gasteiger partial charge in [0.25, 0.3) is 0 Å². The highest BCUT2D eigenvalue weighted by Gasteiger charge is 2.27. The van der Waals surface area contributed by atoms with E-state index in [4.69, 9.17) is 4.98 Å². The van der Waals surface area contributed by atoms with E-state index < -0.39 is 0 Å². The van der Waals surface area contributed by atoms with Crippen LogP contribution in [0.3, 0.4) is 0 Å². The fraction of sp³-hybridized carbons (Fsp3) is 0.364. The maximum Gasteiger partial charge on any atom is 0.331 e. The van der Waals surface area contributed by atoms with E-state index in [1.165, 1.54) is 25.1 Å². The maximum atomic E-state index is 12.6. The van der Waals surface area contributed by atoms with Gasteiger partial charge < -0.3 is 9.55 Å². The van der Waals surface area contributed by atoms with Gasteiger partial charge in [-0.15, -0.1) is 0 Å². The van der Waals surface area contributed by atoms with Crippen molar-refractivity contribution < 1.29 is 0 Å². The summed E-state index contributed by atoms with van der Waals surface area (Å²) < 4.78 is 4.11. The molecule has 2 aliphatic rings. The number of aromatic nitrogens is 4. The fourth-order valence-corrected chi connectivity index (χ4v) is 4.75. The third-order valence-corrected chi connectivity index (χ3v) is 6.48. The molecule has 2 aromatic heterocycles. The topological polar surface area (TPSA) is 58.9 Å². The molecule has 0 radical (unpaired) electrons. The Labute approximate surface area is 162 Å². The average molecular weight is 373 g/mol. The van der Waals surface area contributed by atoms with Gasteiger partial charge in [0.1, 0.15) is 5.82 Å². The summed E-state index contributed by atoms with van der Waals surface area (Å²) in [6.07, 6.45) is 5.05. The van der Waals surface area contributed by atoms with Gasteiger partial charge in [0.2, 0.25) is 0 Å². The van der Waals surface area contributed by atoms with Crippen molar-refractivity contribution in [3.05, 3.63) is 58.8 Å². The smallest absolute Gasteiger partial charge is 0.327 e. The summed E-state index contributed by atoms with van der Waals surface area (Å²) in [5.74, 6) is 1.17. The van der Waals surface area contributed by atoms with E-state index in [2.05, 4.69) is 20.5 Å². The average Bonchev–Trinajstić information content (AvgIpc) is 3.10. The number of hydrogen-bond acceptors (Lipinski definition) is 3. The maximum absolute atomic E-state index is 12.6. The molecule has 0 amide bonds. The normalized spacial score (nSPS) is 18.3.